The van der Waals surface area contributed by atoms with Gasteiger partial charge >= 0.3 is 12.1 Å². The predicted molar refractivity (Wildman–Crippen MR) is 54.8 cm³/mol. The Kier molecular flexibility index (Phi) is 4.85. The number of hydrogen-bond acceptors (Lipinski definition) is 5. The van der Waals surface area contributed by atoms with Gasteiger partial charge in [-0.2, -0.15) is 0 Å². The maximum Gasteiger partial charge on any atom is 0.516 e. The quantitative estimate of drug-likeness (QED) is 0.445. The summed E-state index contributed by atoms with van der Waals surface area (Å²) < 4.78 is 13.8. The summed E-state index contributed by atoms with van der Waals surface area (Å²) in [5.74, 6) is -0.0678. The van der Waals surface area contributed by atoms with Crippen LogP contribution in [0, 0.1) is 0 Å². The molecule has 0 amide bonds. The molecule has 0 spiro atoms. The van der Waals surface area contributed by atoms with Crippen LogP contribution in [0.15, 0.2) is 30.3 Å². The van der Waals surface area contributed by atoms with E-state index in [4.69, 9.17) is 4.74 Å². The minimum absolute atomic E-state index is 0.233. The van der Waals surface area contributed by atoms with Crippen LogP contribution in [-0.2, 0) is 14.3 Å². The molecule has 5 heteroatoms. The van der Waals surface area contributed by atoms with Crippen LogP contribution in [0.1, 0.15) is 13.3 Å². The Bertz CT molecular complexity index is 347. The van der Waals surface area contributed by atoms with Crippen LogP contribution < -0.4 is 4.74 Å². The predicted octanol–water partition coefficient (Wildman–Crippen LogP) is 2.11. The van der Waals surface area contributed by atoms with E-state index in [2.05, 4.69) is 9.47 Å². The molecule has 0 fully saturated rings. The summed E-state index contributed by atoms with van der Waals surface area (Å²) in [5.41, 5.74) is 0. The van der Waals surface area contributed by atoms with E-state index in [1.807, 2.05) is 0 Å². The summed E-state index contributed by atoms with van der Waals surface area (Å²) in [6.45, 7) is 1.21. The maximum absolute atomic E-state index is 11.0. The molecule has 0 aliphatic rings. The third kappa shape index (κ3) is 4.45. The first kappa shape index (κ1) is 12.0. The normalized spacial score (nSPS) is 9.31. The minimum Gasteiger partial charge on any atom is -0.428 e. The fourth-order valence-corrected chi connectivity index (χ4v) is 0.860. The molecule has 0 saturated heterocycles. The fourth-order valence-electron chi connectivity index (χ4n) is 0.860. The molecule has 16 heavy (non-hydrogen) atoms. The SMILES string of the molecule is CCC(=O)OCOC(=O)Oc1ccccc1. The van der Waals surface area contributed by atoms with Gasteiger partial charge in [-0.15, -0.1) is 0 Å². The average Bonchev–Trinajstić information content (AvgIpc) is 2.30. The summed E-state index contributed by atoms with van der Waals surface area (Å²) in [6, 6.07) is 8.46. The Labute approximate surface area is 92.9 Å². The topological polar surface area (TPSA) is 61.8 Å². The number of para-hydroxylation sites is 1. The first-order chi connectivity index (χ1) is 7.72. The number of ether oxygens (including phenoxy) is 3. The summed E-state index contributed by atoms with van der Waals surface area (Å²) in [4.78, 5) is 21.7. The highest BCUT2D eigenvalue weighted by molar-refractivity contribution is 5.69. The molecule has 0 unspecified atom stereocenters. The zero-order chi connectivity index (χ0) is 11.8. The molecule has 1 rings (SSSR count). The molecule has 0 saturated carbocycles. The Hall–Kier alpha value is -2.04. The Morgan fingerprint density at radius 1 is 1.12 bits per heavy atom. The van der Waals surface area contributed by atoms with Crippen molar-refractivity contribution in [3.8, 4) is 5.75 Å². The molecule has 0 atom stereocenters. The molecular formula is C11H12O5. The van der Waals surface area contributed by atoms with Gasteiger partial charge < -0.3 is 14.2 Å². The summed E-state index contributed by atoms with van der Waals surface area (Å²) in [7, 11) is 0. The average molecular weight is 224 g/mol. The molecule has 86 valence electrons. The van der Waals surface area contributed by atoms with Gasteiger partial charge in [-0.25, -0.2) is 4.79 Å². The number of carbonyl (C=O) groups is 2. The van der Waals surface area contributed by atoms with Crippen molar-refractivity contribution in [2.75, 3.05) is 6.79 Å². The van der Waals surface area contributed by atoms with Crippen LogP contribution in [-0.4, -0.2) is 18.9 Å². The first-order valence-electron chi connectivity index (χ1n) is 4.77. The van der Waals surface area contributed by atoms with Crippen LogP contribution in [0.2, 0.25) is 0 Å². The molecule has 0 heterocycles. The van der Waals surface area contributed by atoms with Gasteiger partial charge in [-0.1, -0.05) is 25.1 Å². The van der Waals surface area contributed by atoms with E-state index in [9.17, 15) is 9.59 Å². The number of esters is 1. The van der Waals surface area contributed by atoms with Crippen molar-refractivity contribution in [2.24, 2.45) is 0 Å². The largest absolute Gasteiger partial charge is 0.516 e. The van der Waals surface area contributed by atoms with Crippen LogP contribution in [0.5, 0.6) is 5.75 Å². The lowest BCUT2D eigenvalue weighted by atomic mass is 10.3. The van der Waals surface area contributed by atoms with Gasteiger partial charge in [0.1, 0.15) is 5.75 Å². The van der Waals surface area contributed by atoms with Crippen molar-refractivity contribution < 1.29 is 23.8 Å². The lowest BCUT2D eigenvalue weighted by Gasteiger charge is -2.05. The number of carbonyl (C=O) groups excluding carboxylic acids is 2. The standard InChI is InChI=1S/C11H12O5/c1-2-10(12)14-8-15-11(13)16-9-6-4-3-5-7-9/h3-7H,2,8H2,1H3. The van der Waals surface area contributed by atoms with Gasteiger partial charge in [0.2, 0.25) is 6.79 Å². The third-order valence-electron chi connectivity index (χ3n) is 1.63. The van der Waals surface area contributed by atoms with Crippen LogP contribution >= 0.6 is 0 Å². The van der Waals surface area contributed by atoms with Gasteiger partial charge in [-0.05, 0) is 12.1 Å². The Balaban J connectivity index is 2.24. The van der Waals surface area contributed by atoms with Crippen LogP contribution in [0.3, 0.4) is 0 Å². The minimum atomic E-state index is -0.907. The van der Waals surface area contributed by atoms with Crippen LogP contribution in [0.4, 0.5) is 4.79 Å². The molecule has 0 aliphatic carbocycles. The van der Waals surface area contributed by atoms with Gasteiger partial charge in [0.05, 0.1) is 0 Å². The van der Waals surface area contributed by atoms with Crippen molar-refractivity contribution >= 4 is 12.1 Å². The zero-order valence-corrected chi connectivity index (χ0v) is 8.84. The monoisotopic (exact) mass is 224 g/mol. The lowest BCUT2D eigenvalue weighted by molar-refractivity contribution is -0.152. The summed E-state index contributed by atoms with van der Waals surface area (Å²) >= 11 is 0. The molecule has 0 radical (unpaired) electrons. The molecule has 1 aromatic carbocycles. The van der Waals surface area contributed by atoms with Gasteiger partial charge in [0.25, 0.3) is 0 Å². The highest BCUT2D eigenvalue weighted by Gasteiger charge is 2.06. The van der Waals surface area contributed by atoms with Gasteiger partial charge in [-0.3, -0.25) is 4.79 Å². The Morgan fingerprint density at radius 3 is 2.44 bits per heavy atom. The van der Waals surface area contributed by atoms with E-state index in [1.165, 1.54) is 0 Å². The second kappa shape index (κ2) is 6.44. The molecule has 5 nitrogen and oxygen atoms in total. The lowest BCUT2D eigenvalue weighted by Crippen LogP contribution is -2.15. The highest BCUT2D eigenvalue weighted by atomic mass is 16.8. The highest BCUT2D eigenvalue weighted by Crippen LogP contribution is 2.08. The van der Waals surface area contributed by atoms with Crippen molar-refractivity contribution in [1.82, 2.24) is 0 Å². The second-order valence-corrected chi connectivity index (χ2v) is 2.80. The zero-order valence-electron chi connectivity index (χ0n) is 8.84. The fraction of sp³-hybridized carbons (Fsp3) is 0.273. The van der Waals surface area contributed by atoms with Crippen molar-refractivity contribution in [1.29, 1.82) is 0 Å². The van der Waals surface area contributed by atoms with E-state index < -0.39 is 18.9 Å². The van der Waals surface area contributed by atoms with E-state index in [0.29, 0.717) is 5.75 Å². The molecule has 0 N–H and O–H groups in total. The molecular weight excluding hydrogens is 212 g/mol. The summed E-state index contributed by atoms with van der Waals surface area (Å²) in [6.07, 6.45) is -0.674. The van der Waals surface area contributed by atoms with Crippen molar-refractivity contribution in [3.05, 3.63) is 30.3 Å². The number of rotatable bonds is 4. The second-order valence-electron chi connectivity index (χ2n) is 2.80. The summed E-state index contributed by atoms with van der Waals surface area (Å²) in [5, 5.41) is 0. The van der Waals surface area contributed by atoms with Gasteiger partial charge in [0, 0.05) is 6.42 Å². The Morgan fingerprint density at radius 2 is 1.81 bits per heavy atom. The van der Waals surface area contributed by atoms with E-state index >= 15 is 0 Å². The molecule has 0 aromatic heterocycles. The molecule has 1 aromatic rings. The molecule has 0 aliphatic heterocycles. The van der Waals surface area contributed by atoms with Crippen LogP contribution in [0.25, 0.3) is 0 Å². The number of benzene rings is 1. The maximum atomic E-state index is 11.0. The first-order valence-corrected chi connectivity index (χ1v) is 4.77. The van der Waals surface area contributed by atoms with E-state index in [0.717, 1.165) is 0 Å². The van der Waals surface area contributed by atoms with Crippen molar-refractivity contribution in [2.45, 2.75) is 13.3 Å². The van der Waals surface area contributed by atoms with E-state index in [1.54, 1.807) is 37.3 Å². The number of hydrogen-bond donors (Lipinski definition) is 0. The smallest absolute Gasteiger partial charge is 0.428 e. The van der Waals surface area contributed by atoms with E-state index in [-0.39, 0.29) is 6.42 Å². The third-order valence-corrected chi connectivity index (χ3v) is 1.63. The molecule has 0 bridgehead atoms. The van der Waals surface area contributed by atoms with Gasteiger partial charge in [0.15, 0.2) is 0 Å². The van der Waals surface area contributed by atoms with Crippen molar-refractivity contribution in [3.63, 3.8) is 0 Å².